The average Bonchev–Trinajstić information content (AvgIpc) is 3.26. The number of hydrogen-bond donors (Lipinski definition) is 1. The number of amides is 2. The lowest BCUT2D eigenvalue weighted by molar-refractivity contribution is -0.127. The highest BCUT2D eigenvalue weighted by Gasteiger charge is 2.27. The van der Waals surface area contributed by atoms with Gasteiger partial charge in [-0.3, -0.25) is 9.59 Å². The normalized spacial score (nSPS) is 13.5. The number of nitrogens with zero attached hydrogens (tertiary/aromatic N) is 2. The van der Waals surface area contributed by atoms with E-state index in [0.717, 1.165) is 24.2 Å². The van der Waals surface area contributed by atoms with E-state index in [2.05, 4.69) is 5.32 Å². The molecule has 1 aromatic carbocycles. The zero-order valence-corrected chi connectivity index (χ0v) is 18.6. The molecule has 166 valence electrons. The van der Waals surface area contributed by atoms with Crippen molar-refractivity contribution in [3.8, 4) is 0 Å². The first-order valence-electron chi connectivity index (χ1n) is 10.9. The minimum absolute atomic E-state index is 0.190. The third-order valence-electron chi connectivity index (χ3n) is 5.71. The minimum atomic E-state index is -0.425. The van der Waals surface area contributed by atoms with E-state index >= 15 is 0 Å². The summed E-state index contributed by atoms with van der Waals surface area (Å²) < 4.78 is 7.13. The van der Waals surface area contributed by atoms with E-state index < -0.39 is 5.97 Å². The van der Waals surface area contributed by atoms with Crippen LogP contribution in [0.4, 0.5) is 0 Å². The number of carbonyl (C=O) groups is 3. The molecule has 0 aliphatic carbocycles. The lowest BCUT2D eigenvalue weighted by Gasteiger charge is -2.15. The Bertz CT molecular complexity index is 949. The summed E-state index contributed by atoms with van der Waals surface area (Å²) in [4.78, 5) is 39.2. The maximum atomic E-state index is 13.0. The first-order valence-corrected chi connectivity index (χ1v) is 10.9. The van der Waals surface area contributed by atoms with Crippen molar-refractivity contribution in [2.75, 3.05) is 26.2 Å². The van der Waals surface area contributed by atoms with Crippen molar-refractivity contribution in [3.63, 3.8) is 0 Å². The van der Waals surface area contributed by atoms with Gasteiger partial charge < -0.3 is 19.5 Å². The van der Waals surface area contributed by atoms with Crippen molar-refractivity contribution in [3.05, 3.63) is 58.4 Å². The molecule has 1 aliphatic heterocycles. The lowest BCUT2D eigenvalue weighted by Crippen LogP contribution is -2.31. The molecular formula is C24H31N3O4. The van der Waals surface area contributed by atoms with Gasteiger partial charge in [-0.15, -0.1) is 0 Å². The van der Waals surface area contributed by atoms with E-state index in [1.165, 1.54) is 0 Å². The molecular weight excluding hydrogens is 394 g/mol. The fourth-order valence-corrected chi connectivity index (χ4v) is 4.16. The highest BCUT2D eigenvalue weighted by atomic mass is 16.5. The summed E-state index contributed by atoms with van der Waals surface area (Å²) in [6, 6.07) is 9.82. The molecule has 1 fully saturated rings. The first kappa shape index (κ1) is 22.6. The molecule has 2 amide bonds. The van der Waals surface area contributed by atoms with E-state index in [-0.39, 0.29) is 18.4 Å². The van der Waals surface area contributed by atoms with Crippen LogP contribution in [0, 0.1) is 13.8 Å². The van der Waals surface area contributed by atoms with Crippen LogP contribution in [0.5, 0.6) is 0 Å². The highest BCUT2D eigenvalue weighted by molar-refractivity contribution is 6.01. The number of esters is 1. The third kappa shape index (κ3) is 5.16. The number of likely N-dealkylation sites (tertiary alicyclic amines) is 1. The molecule has 1 N–H and O–H groups in total. The largest absolute Gasteiger partial charge is 0.461 e. The van der Waals surface area contributed by atoms with Gasteiger partial charge in [-0.1, -0.05) is 30.3 Å². The summed E-state index contributed by atoms with van der Waals surface area (Å²) in [5.41, 5.74) is 3.32. The summed E-state index contributed by atoms with van der Waals surface area (Å²) in [5, 5.41) is 2.95. The van der Waals surface area contributed by atoms with Crippen molar-refractivity contribution in [1.29, 1.82) is 0 Å². The van der Waals surface area contributed by atoms with Gasteiger partial charge in [0.2, 0.25) is 5.91 Å². The Balaban J connectivity index is 1.77. The van der Waals surface area contributed by atoms with Crippen LogP contribution in [0.15, 0.2) is 30.3 Å². The van der Waals surface area contributed by atoms with Gasteiger partial charge in [-0.2, -0.15) is 0 Å². The smallest absolute Gasteiger partial charge is 0.355 e. The minimum Gasteiger partial charge on any atom is -0.461 e. The van der Waals surface area contributed by atoms with E-state index in [1.54, 1.807) is 13.8 Å². The Morgan fingerprint density at radius 1 is 1.16 bits per heavy atom. The third-order valence-corrected chi connectivity index (χ3v) is 5.71. The number of benzene rings is 1. The zero-order chi connectivity index (χ0) is 22.4. The van der Waals surface area contributed by atoms with Crippen LogP contribution in [0.25, 0.3) is 0 Å². The summed E-state index contributed by atoms with van der Waals surface area (Å²) >= 11 is 0. The quantitative estimate of drug-likeness (QED) is 0.495. The highest BCUT2D eigenvalue weighted by Crippen LogP contribution is 2.24. The number of rotatable bonds is 9. The van der Waals surface area contributed by atoms with Crippen molar-refractivity contribution in [1.82, 2.24) is 14.8 Å². The molecule has 1 saturated heterocycles. The molecule has 0 saturated carbocycles. The molecule has 2 heterocycles. The molecule has 0 spiro atoms. The van der Waals surface area contributed by atoms with E-state index in [0.29, 0.717) is 49.3 Å². The van der Waals surface area contributed by atoms with Crippen LogP contribution in [-0.4, -0.2) is 53.5 Å². The van der Waals surface area contributed by atoms with Crippen LogP contribution in [-0.2, 0) is 16.1 Å². The monoisotopic (exact) mass is 425 g/mol. The summed E-state index contributed by atoms with van der Waals surface area (Å²) in [7, 11) is 0. The molecule has 0 atom stereocenters. The Morgan fingerprint density at radius 2 is 1.90 bits per heavy atom. The van der Waals surface area contributed by atoms with Crippen molar-refractivity contribution in [2.24, 2.45) is 0 Å². The Labute approximate surface area is 183 Å². The van der Waals surface area contributed by atoms with Crippen LogP contribution < -0.4 is 5.32 Å². The van der Waals surface area contributed by atoms with Gasteiger partial charge in [0, 0.05) is 38.3 Å². The zero-order valence-electron chi connectivity index (χ0n) is 18.6. The summed E-state index contributed by atoms with van der Waals surface area (Å²) in [5.74, 6) is -0.444. The number of hydrogen-bond acceptors (Lipinski definition) is 4. The molecule has 3 rings (SSSR count). The second-order valence-corrected chi connectivity index (χ2v) is 7.82. The van der Waals surface area contributed by atoms with Gasteiger partial charge in [0.1, 0.15) is 5.69 Å². The number of nitrogens with one attached hydrogen (secondary N) is 1. The summed E-state index contributed by atoms with van der Waals surface area (Å²) in [6.45, 7) is 8.09. The van der Waals surface area contributed by atoms with Gasteiger partial charge in [0.15, 0.2) is 0 Å². The predicted octanol–water partition coefficient (Wildman–Crippen LogP) is 3.07. The first-order chi connectivity index (χ1) is 14.9. The standard InChI is InChI=1S/C24H31N3O4/c1-4-31-24(30)22-17(2)21(18(3)27(22)16-19-10-6-5-7-11-19)23(29)25-13-9-15-26-14-8-12-20(26)28/h5-7,10-11H,4,8-9,12-16H2,1-3H3,(H,25,29). The van der Waals surface area contributed by atoms with Gasteiger partial charge in [-0.05, 0) is 44.7 Å². The molecule has 7 nitrogen and oxygen atoms in total. The molecule has 0 radical (unpaired) electrons. The fourth-order valence-electron chi connectivity index (χ4n) is 4.16. The second-order valence-electron chi connectivity index (χ2n) is 7.82. The number of aromatic nitrogens is 1. The number of carbonyl (C=O) groups excluding carboxylic acids is 3. The van der Waals surface area contributed by atoms with Crippen molar-refractivity contribution < 1.29 is 19.1 Å². The fraction of sp³-hybridized carbons (Fsp3) is 0.458. The van der Waals surface area contributed by atoms with E-state index in [1.807, 2.05) is 46.7 Å². The van der Waals surface area contributed by atoms with Crippen LogP contribution >= 0.6 is 0 Å². The molecule has 1 aromatic heterocycles. The lowest BCUT2D eigenvalue weighted by atomic mass is 10.1. The van der Waals surface area contributed by atoms with Crippen LogP contribution in [0.2, 0.25) is 0 Å². The van der Waals surface area contributed by atoms with Gasteiger partial charge in [0.05, 0.1) is 12.2 Å². The van der Waals surface area contributed by atoms with Gasteiger partial charge in [0.25, 0.3) is 5.91 Å². The second kappa shape index (κ2) is 10.3. The van der Waals surface area contributed by atoms with Crippen LogP contribution in [0.3, 0.4) is 0 Å². The van der Waals surface area contributed by atoms with E-state index in [9.17, 15) is 14.4 Å². The number of ether oxygens (including phenoxy) is 1. The van der Waals surface area contributed by atoms with Crippen molar-refractivity contribution in [2.45, 2.75) is 46.6 Å². The van der Waals surface area contributed by atoms with Gasteiger partial charge >= 0.3 is 5.97 Å². The van der Waals surface area contributed by atoms with E-state index in [4.69, 9.17) is 4.74 Å². The topological polar surface area (TPSA) is 80.6 Å². The van der Waals surface area contributed by atoms with Gasteiger partial charge in [-0.25, -0.2) is 4.79 Å². The molecule has 1 aliphatic rings. The molecule has 2 aromatic rings. The molecule has 0 unspecified atom stereocenters. The SMILES string of the molecule is CCOC(=O)c1c(C)c(C(=O)NCCCN2CCCC2=O)c(C)n1Cc1ccccc1. The molecule has 7 heteroatoms. The Kier molecular flexibility index (Phi) is 7.50. The Hall–Kier alpha value is -3.09. The predicted molar refractivity (Wildman–Crippen MR) is 118 cm³/mol. The van der Waals surface area contributed by atoms with Crippen molar-refractivity contribution >= 4 is 17.8 Å². The maximum Gasteiger partial charge on any atom is 0.355 e. The average molecular weight is 426 g/mol. The Morgan fingerprint density at radius 3 is 2.55 bits per heavy atom. The van der Waals surface area contributed by atoms with Crippen LogP contribution in [0.1, 0.15) is 63.9 Å². The molecule has 31 heavy (non-hydrogen) atoms. The molecule has 0 bridgehead atoms. The maximum absolute atomic E-state index is 13.0. The summed E-state index contributed by atoms with van der Waals surface area (Å²) in [6.07, 6.45) is 2.23.